The predicted molar refractivity (Wildman–Crippen MR) is 42.5 cm³/mol. The van der Waals surface area contributed by atoms with Gasteiger partial charge in [0.05, 0.1) is 12.7 Å². The molecule has 0 aromatic carbocycles. The van der Waals surface area contributed by atoms with Gasteiger partial charge in [0.1, 0.15) is 12.2 Å². The van der Waals surface area contributed by atoms with E-state index in [1.165, 1.54) is 0 Å². The van der Waals surface area contributed by atoms with Crippen molar-refractivity contribution in [3.63, 3.8) is 0 Å². The van der Waals surface area contributed by atoms with Crippen molar-refractivity contribution in [2.45, 2.75) is 31.0 Å². The van der Waals surface area contributed by atoms with Crippen LogP contribution in [0.15, 0.2) is 0 Å². The highest BCUT2D eigenvalue weighted by Crippen LogP contribution is 2.20. The molecular weight excluding hydrogens is 178 g/mol. The fourth-order valence-corrected chi connectivity index (χ4v) is 1.27. The number of hydroxylamine groups is 1. The Morgan fingerprint density at radius 3 is 2.77 bits per heavy atom. The highest BCUT2D eigenvalue weighted by atomic mass is 16.8. The number of hydrogen-bond donors (Lipinski definition) is 4. The van der Waals surface area contributed by atoms with Crippen LogP contribution in [0.4, 0.5) is 0 Å². The van der Waals surface area contributed by atoms with Gasteiger partial charge in [0.2, 0.25) is 0 Å². The van der Waals surface area contributed by atoms with Crippen LogP contribution >= 0.6 is 0 Å². The standard InChI is InChI=1S/C7H15NO5/c1-8-13-6-2-4(10)7(11)5(3-9)12-6/h4-11H,2-3H2,1H3. The molecule has 0 radical (unpaired) electrons. The van der Waals surface area contributed by atoms with Crippen molar-refractivity contribution >= 4 is 0 Å². The second kappa shape index (κ2) is 4.85. The van der Waals surface area contributed by atoms with Gasteiger partial charge in [-0.05, 0) is 0 Å². The first-order valence-electron chi connectivity index (χ1n) is 4.14. The number of aliphatic hydroxyl groups excluding tert-OH is 3. The third-order valence-corrected chi connectivity index (χ3v) is 1.96. The van der Waals surface area contributed by atoms with Gasteiger partial charge in [0.25, 0.3) is 0 Å². The Labute approximate surface area is 76.0 Å². The van der Waals surface area contributed by atoms with Crippen molar-refractivity contribution in [1.82, 2.24) is 5.48 Å². The molecule has 6 heteroatoms. The van der Waals surface area contributed by atoms with Gasteiger partial charge < -0.3 is 20.1 Å². The Hall–Kier alpha value is -0.240. The van der Waals surface area contributed by atoms with Crippen molar-refractivity contribution in [2.24, 2.45) is 0 Å². The number of ether oxygens (including phenoxy) is 1. The minimum atomic E-state index is -1.05. The van der Waals surface area contributed by atoms with Crippen LogP contribution in [0.2, 0.25) is 0 Å². The van der Waals surface area contributed by atoms with Crippen molar-refractivity contribution < 1.29 is 24.9 Å². The Kier molecular flexibility index (Phi) is 4.04. The highest BCUT2D eigenvalue weighted by Gasteiger charge is 2.36. The lowest BCUT2D eigenvalue weighted by Gasteiger charge is -2.35. The molecule has 1 fully saturated rings. The Bertz CT molecular complexity index is 156. The number of rotatable bonds is 3. The van der Waals surface area contributed by atoms with E-state index in [0.717, 1.165) is 0 Å². The van der Waals surface area contributed by atoms with Crippen LogP contribution in [0.3, 0.4) is 0 Å². The molecule has 0 aromatic heterocycles. The minimum Gasteiger partial charge on any atom is -0.394 e. The van der Waals surface area contributed by atoms with Crippen LogP contribution in [0.1, 0.15) is 6.42 Å². The molecular formula is C7H15NO5. The normalized spacial score (nSPS) is 40.6. The molecule has 1 aliphatic heterocycles. The fraction of sp³-hybridized carbons (Fsp3) is 1.00. The number of hydrogen-bond acceptors (Lipinski definition) is 6. The molecule has 13 heavy (non-hydrogen) atoms. The summed E-state index contributed by atoms with van der Waals surface area (Å²) in [6.45, 7) is -0.345. The molecule has 0 aromatic rings. The largest absolute Gasteiger partial charge is 0.394 e. The second-order valence-electron chi connectivity index (χ2n) is 2.90. The van der Waals surface area contributed by atoms with Gasteiger partial charge in [-0.25, -0.2) is 5.48 Å². The maximum atomic E-state index is 9.33. The third kappa shape index (κ3) is 2.60. The average molecular weight is 193 g/mol. The monoisotopic (exact) mass is 193 g/mol. The van der Waals surface area contributed by atoms with Gasteiger partial charge in [-0.1, -0.05) is 0 Å². The van der Waals surface area contributed by atoms with Crippen LogP contribution in [0.25, 0.3) is 0 Å². The topological polar surface area (TPSA) is 91.2 Å². The Balaban J connectivity index is 2.47. The first-order chi connectivity index (χ1) is 6.19. The van der Waals surface area contributed by atoms with Gasteiger partial charge in [0.15, 0.2) is 6.29 Å². The molecule has 1 heterocycles. The smallest absolute Gasteiger partial charge is 0.180 e. The van der Waals surface area contributed by atoms with Crippen molar-refractivity contribution in [3.8, 4) is 0 Å². The second-order valence-corrected chi connectivity index (χ2v) is 2.90. The molecule has 4 N–H and O–H groups in total. The summed E-state index contributed by atoms with van der Waals surface area (Å²) < 4.78 is 5.11. The summed E-state index contributed by atoms with van der Waals surface area (Å²) in [6, 6.07) is 0. The van der Waals surface area contributed by atoms with E-state index in [2.05, 4.69) is 5.48 Å². The Morgan fingerprint density at radius 1 is 1.54 bits per heavy atom. The SMILES string of the molecule is CNOC1CC(O)C(O)C(CO)O1. The van der Waals surface area contributed by atoms with Crippen LogP contribution in [0, 0.1) is 0 Å². The van der Waals surface area contributed by atoms with Crippen LogP contribution in [-0.2, 0) is 9.57 Å². The average Bonchev–Trinajstić information content (AvgIpc) is 2.11. The molecule has 4 unspecified atom stereocenters. The van der Waals surface area contributed by atoms with Gasteiger partial charge in [-0.15, -0.1) is 0 Å². The summed E-state index contributed by atoms with van der Waals surface area (Å²) in [7, 11) is 1.56. The molecule has 1 aliphatic rings. The maximum absolute atomic E-state index is 9.33. The van der Waals surface area contributed by atoms with E-state index in [4.69, 9.17) is 14.7 Å². The van der Waals surface area contributed by atoms with Crippen molar-refractivity contribution in [1.29, 1.82) is 0 Å². The van der Waals surface area contributed by atoms with Crippen LogP contribution in [0.5, 0.6) is 0 Å². The first kappa shape index (κ1) is 10.8. The summed E-state index contributed by atoms with van der Waals surface area (Å²) in [4.78, 5) is 4.88. The quantitative estimate of drug-likeness (QED) is 0.386. The molecule has 1 rings (SSSR count). The third-order valence-electron chi connectivity index (χ3n) is 1.96. The van der Waals surface area contributed by atoms with E-state index in [-0.39, 0.29) is 13.0 Å². The van der Waals surface area contributed by atoms with Gasteiger partial charge in [-0.2, -0.15) is 0 Å². The first-order valence-corrected chi connectivity index (χ1v) is 4.14. The van der Waals surface area contributed by atoms with E-state index in [9.17, 15) is 10.2 Å². The summed E-state index contributed by atoms with van der Waals surface area (Å²) >= 11 is 0. The van der Waals surface area contributed by atoms with E-state index in [1.54, 1.807) is 7.05 Å². The lowest BCUT2D eigenvalue weighted by Crippen LogP contribution is -2.51. The predicted octanol–water partition coefficient (Wildman–Crippen LogP) is -2.03. The van der Waals surface area contributed by atoms with E-state index in [0.29, 0.717) is 0 Å². The fourth-order valence-electron chi connectivity index (χ4n) is 1.27. The summed E-state index contributed by atoms with van der Waals surface area (Å²) in [5, 5.41) is 27.4. The minimum absolute atomic E-state index is 0.179. The zero-order valence-electron chi connectivity index (χ0n) is 7.38. The van der Waals surface area contributed by atoms with Crippen LogP contribution in [-0.4, -0.2) is 53.6 Å². The highest BCUT2D eigenvalue weighted by molar-refractivity contribution is 4.81. The molecule has 0 bridgehead atoms. The molecule has 0 spiro atoms. The lowest BCUT2D eigenvalue weighted by atomic mass is 10.0. The molecule has 0 aliphatic carbocycles. The molecule has 78 valence electrons. The van der Waals surface area contributed by atoms with Crippen LogP contribution < -0.4 is 5.48 Å². The molecule has 0 amide bonds. The number of nitrogens with one attached hydrogen (secondary N) is 1. The summed E-state index contributed by atoms with van der Waals surface area (Å²) in [6.07, 6.45) is -3.23. The lowest BCUT2D eigenvalue weighted by molar-refractivity contribution is -0.272. The molecule has 1 saturated heterocycles. The Morgan fingerprint density at radius 2 is 2.23 bits per heavy atom. The number of aliphatic hydroxyl groups is 3. The zero-order valence-corrected chi connectivity index (χ0v) is 7.38. The van der Waals surface area contributed by atoms with E-state index >= 15 is 0 Å². The van der Waals surface area contributed by atoms with E-state index in [1.807, 2.05) is 0 Å². The summed E-state index contributed by atoms with van der Waals surface area (Å²) in [5.41, 5.74) is 2.42. The van der Waals surface area contributed by atoms with Gasteiger partial charge in [-0.3, -0.25) is 4.84 Å². The van der Waals surface area contributed by atoms with Crippen molar-refractivity contribution in [2.75, 3.05) is 13.7 Å². The molecule has 6 nitrogen and oxygen atoms in total. The zero-order chi connectivity index (χ0) is 9.84. The van der Waals surface area contributed by atoms with Crippen molar-refractivity contribution in [3.05, 3.63) is 0 Å². The molecule has 0 saturated carbocycles. The van der Waals surface area contributed by atoms with E-state index < -0.39 is 24.6 Å². The summed E-state index contributed by atoms with van der Waals surface area (Å²) in [5.74, 6) is 0. The van der Waals surface area contributed by atoms with Gasteiger partial charge >= 0.3 is 0 Å². The van der Waals surface area contributed by atoms with Gasteiger partial charge in [0, 0.05) is 13.5 Å². The maximum Gasteiger partial charge on any atom is 0.180 e. The molecule has 4 atom stereocenters.